The van der Waals surface area contributed by atoms with Gasteiger partial charge in [0.1, 0.15) is 0 Å². The van der Waals surface area contributed by atoms with Gasteiger partial charge in [0, 0.05) is 6.61 Å². The van der Waals surface area contributed by atoms with Gasteiger partial charge in [0.05, 0.1) is 0 Å². The second-order valence-electron chi connectivity index (χ2n) is 3.24. The quantitative estimate of drug-likeness (QED) is 0.593. The Kier molecular flexibility index (Phi) is 3.16. The minimum absolute atomic E-state index is 0.356. The first-order valence-electron chi connectivity index (χ1n) is 4.16. The summed E-state index contributed by atoms with van der Waals surface area (Å²) in [7, 11) is 0. The van der Waals surface area contributed by atoms with Crippen LogP contribution in [0.1, 0.15) is 19.8 Å². The van der Waals surface area contributed by atoms with Crippen molar-refractivity contribution >= 4 is 0 Å². The van der Waals surface area contributed by atoms with Gasteiger partial charge < -0.3 is 10.4 Å². The van der Waals surface area contributed by atoms with Gasteiger partial charge in [-0.25, -0.2) is 0 Å². The lowest BCUT2D eigenvalue weighted by Crippen LogP contribution is -2.35. The molecule has 10 heavy (non-hydrogen) atoms. The molecule has 0 bridgehead atoms. The molecule has 2 atom stereocenters. The number of hydrogen-bond acceptors (Lipinski definition) is 2. The van der Waals surface area contributed by atoms with E-state index in [9.17, 15) is 0 Å². The third kappa shape index (κ3) is 1.96. The fraction of sp³-hybridized carbons (Fsp3) is 1.00. The Hall–Kier alpha value is -0.0800. The van der Waals surface area contributed by atoms with E-state index in [1.165, 1.54) is 6.42 Å². The normalized spacial score (nSPS) is 34.2. The van der Waals surface area contributed by atoms with Crippen LogP contribution in [0.15, 0.2) is 0 Å². The Morgan fingerprint density at radius 2 is 2.40 bits per heavy atom. The van der Waals surface area contributed by atoms with E-state index in [2.05, 4.69) is 12.2 Å². The molecule has 1 rings (SSSR count). The molecule has 1 aliphatic heterocycles. The van der Waals surface area contributed by atoms with Crippen LogP contribution in [0.4, 0.5) is 0 Å². The lowest BCUT2D eigenvalue weighted by molar-refractivity contribution is 0.195. The Morgan fingerprint density at radius 1 is 1.60 bits per heavy atom. The van der Waals surface area contributed by atoms with Crippen molar-refractivity contribution in [3.63, 3.8) is 0 Å². The first kappa shape index (κ1) is 8.02. The van der Waals surface area contributed by atoms with Crippen LogP contribution in [-0.4, -0.2) is 24.8 Å². The lowest BCUT2D eigenvalue weighted by atomic mass is 9.86. The van der Waals surface area contributed by atoms with Crippen LogP contribution in [0.5, 0.6) is 0 Å². The van der Waals surface area contributed by atoms with E-state index in [4.69, 9.17) is 5.11 Å². The van der Waals surface area contributed by atoms with Gasteiger partial charge in [0.25, 0.3) is 0 Å². The van der Waals surface area contributed by atoms with E-state index < -0.39 is 0 Å². The molecule has 0 saturated carbocycles. The SMILES string of the molecule is CC1CNCCC1CCO. The van der Waals surface area contributed by atoms with Gasteiger partial charge in [-0.15, -0.1) is 0 Å². The van der Waals surface area contributed by atoms with E-state index in [0.29, 0.717) is 6.61 Å². The van der Waals surface area contributed by atoms with Crippen molar-refractivity contribution < 1.29 is 5.11 Å². The Bertz CT molecular complexity index is 93.3. The highest BCUT2D eigenvalue weighted by Crippen LogP contribution is 2.21. The predicted molar refractivity (Wildman–Crippen MR) is 41.8 cm³/mol. The zero-order valence-electron chi connectivity index (χ0n) is 6.64. The smallest absolute Gasteiger partial charge is 0.0433 e. The fourth-order valence-corrected chi connectivity index (χ4v) is 1.66. The maximum atomic E-state index is 8.72. The maximum Gasteiger partial charge on any atom is 0.0433 e. The molecule has 1 aliphatic rings. The van der Waals surface area contributed by atoms with E-state index in [1.54, 1.807) is 0 Å². The molecule has 1 fully saturated rings. The summed E-state index contributed by atoms with van der Waals surface area (Å²) >= 11 is 0. The van der Waals surface area contributed by atoms with E-state index in [0.717, 1.165) is 31.3 Å². The van der Waals surface area contributed by atoms with Gasteiger partial charge in [-0.1, -0.05) is 6.92 Å². The predicted octanol–water partition coefficient (Wildman–Crippen LogP) is 0.614. The number of nitrogens with one attached hydrogen (secondary N) is 1. The van der Waals surface area contributed by atoms with Crippen LogP contribution in [0.3, 0.4) is 0 Å². The molecule has 2 nitrogen and oxygen atoms in total. The van der Waals surface area contributed by atoms with Crippen molar-refractivity contribution in [1.29, 1.82) is 0 Å². The third-order valence-corrected chi connectivity index (χ3v) is 2.46. The van der Waals surface area contributed by atoms with Crippen molar-refractivity contribution in [2.24, 2.45) is 11.8 Å². The number of hydrogen-bond donors (Lipinski definition) is 2. The van der Waals surface area contributed by atoms with Crippen LogP contribution in [0.2, 0.25) is 0 Å². The Balaban J connectivity index is 2.25. The first-order chi connectivity index (χ1) is 4.84. The molecule has 2 heteroatoms. The van der Waals surface area contributed by atoms with E-state index in [-0.39, 0.29) is 0 Å². The van der Waals surface area contributed by atoms with E-state index in [1.807, 2.05) is 0 Å². The summed E-state index contributed by atoms with van der Waals surface area (Å²) in [6.07, 6.45) is 2.23. The minimum Gasteiger partial charge on any atom is -0.396 e. The second-order valence-corrected chi connectivity index (χ2v) is 3.24. The average Bonchev–Trinajstić information content (AvgIpc) is 1.94. The van der Waals surface area contributed by atoms with Gasteiger partial charge >= 0.3 is 0 Å². The van der Waals surface area contributed by atoms with Crippen LogP contribution in [0, 0.1) is 11.8 Å². The van der Waals surface area contributed by atoms with Gasteiger partial charge in [-0.3, -0.25) is 0 Å². The van der Waals surface area contributed by atoms with E-state index >= 15 is 0 Å². The molecule has 0 aromatic heterocycles. The average molecular weight is 143 g/mol. The molecule has 1 heterocycles. The zero-order valence-corrected chi connectivity index (χ0v) is 6.64. The molecule has 0 spiro atoms. The molecule has 0 radical (unpaired) electrons. The zero-order chi connectivity index (χ0) is 7.40. The summed E-state index contributed by atoms with van der Waals surface area (Å²) in [5.74, 6) is 1.51. The van der Waals surface area contributed by atoms with Crippen molar-refractivity contribution in [3.05, 3.63) is 0 Å². The molecule has 0 aromatic carbocycles. The van der Waals surface area contributed by atoms with Crippen LogP contribution < -0.4 is 5.32 Å². The second kappa shape index (κ2) is 3.94. The molecule has 1 saturated heterocycles. The van der Waals surface area contributed by atoms with Crippen molar-refractivity contribution in [3.8, 4) is 0 Å². The summed E-state index contributed by atoms with van der Waals surface area (Å²) in [5.41, 5.74) is 0. The summed E-state index contributed by atoms with van der Waals surface area (Å²) in [5, 5.41) is 12.1. The van der Waals surface area contributed by atoms with Crippen LogP contribution >= 0.6 is 0 Å². The highest BCUT2D eigenvalue weighted by Gasteiger charge is 2.19. The molecular weight excluding hydrogens is 126 g/mol. The summed E-state index contributed by atoms with van der Waals surface area (Å²) in [4.78, 5) is 0. The van der Waals surface area contributed by atoms with Gasteiger partial charge in [0.15, 0.2) is 0 Å². The van der Waals surface area contributed by atoms with Gasteiger partial charge in [0.2, 0.25) is 0 Å². The number of aliphatic hydroxyl groups is 1. The lowest BCUT2D eigenvalue weighted by Gasteiger charge is -2.28. The largest absolute Gasteiger partial charge is 0.396 e. The van der Waals surface area contributed by atoms with Gasteiger partial charge in [-0.2, -0.15) is 0 Å². The number of rotatable bonds is 2. The van der Waals surface area contributed by atoms with Crippen LogP contribution in [-0.2, 0) is 0 Å². The third-order valence-electron chi connectivity index (χ3n) is 2.46. The molecule has 2 N–H and O–H groups in total. The molecular formula is C8H17NO. The first-order valence-corrected chi connectivity index (χ1v) is 4.16. The topological polar surface area (TPSA) is 32.3 Å². The molecule has 0 aromatic rings. The number of aliphatic hydroxyl groups excluding tert-OH is 1. The molecule has 2 unspecified atom stereocenters. The van der Waals surface area contributed by atoms with Crippen molar-refractivity contribution in [2.45, 2.75) is 19.8 Å². The molecule has 0 aliphatic carbocycles. The highest BCUT2D eigenvalue weighted by molar-refractivity contribution is 4.74. The van der Waals surface area contributed by atoms with Crippen molar-refractivity contribution in [1.82, 2.24) is 5.32 Å². The molecule has 0 amide bonds. The number of piperidine rings is 1. The highest BCUT2D eigenvalue weighted by atomic mass is 16.3. The van der Waals surface area contributed by atoms with Crippen LogP contribution in [0.25, 0.3) is 0 Å². The van der Waals surface area contributed by atoms with Gasteiger partial charge in [-0.05, 0) is 37.8 Å². The summed E-state index contributed by atoms with van der Waals surface area (Å²) < 4.78 is 0. The Morgan fingerprint density at radius 3 is 3.00 bits per heavy atom. The monoisotopic (exact) mass is 143 g/mol. The summed E-state index contributed by atoms with van der Waals surface area (Å²) in [6.45, 7) is 4.88. The fourth-order valence-electron chi connectivity index (χ4n) is 1.66. The maximum absolute atomic E-state index is 8.72. The standard InChI is InChI=1S/C8H17NO/c1-7-6-9-4-2-8(7)3-5-10/h7-10H,2-6H2,1H3. The Labute approximate surface area is 62.6 Å². The minimum atomic E-state index is 0.356. The summed E-state index contributed by atoms with van der Waals surface area (Å²) in [6, 6.07) is 0. The van der Waals surface area contributed by atoms with Crippen molar-refractivity contribution in [2.75, 3.05) is 19.7 Å². The molecule has 60 valence electrons.